The Morgan fingerprint density at radius 1 is 0.939 bits per heavy atom. The maximum Gasteiger partial charge on any atom is 0.141 e. The van der Waals surface area contributed by atoms with E-state index in [0.717, 1.165) is 55.1 Å². The molecule has 0 aliphatic heterocycles. The second-order valence-corrected chi connectivity index (χ2v) is 11.3. The molecule has 0 aromatic heterocycles. The van der Waals surface area contributed by atoms with E-state index in [0.29, 0.717) is 10.0 Å². The van der Waals surface area contributed by atoms with Crippen molar-refractivity contribution in [1.29, 1.82) is 5.26 Å². The number of hydrogen-bond acceptors (Lipinski definition) is 2. The van der Waals surface area contributed by atoms with E-state index in [-0.39, 0.29) is 0 Å². The summed E-state index contributed by atoms with van der Waals surface area (Å²) in [5.41, 5.74) is 7.38. The SMILES string of the molecule is CCCCCCc1cc(C)cc(C2(O)c3cc(Br)c(C#N)cc3-c3cc(CI)c(Br)cc32)c1. The second-order valence-electron chi connectivity index (χ2n) is 8.84. The van der Waals surface area contributed by atoms with E-state index in [1.54, 1.807) is 0 Å². The molecule has 0 fully saturated rings. The third-order valence-corrected chi connectivity index (χ3v) is 8.72. The third-order valence-electron chi connectivity index (χ3n) is 6.50. The number of alkyl halides is 1. The minimum atomic E-state index is -1.28. The highest BCUT2D eigenvalue weighted by molar-refractivity contribution is 14.1. The van der Waals surface area contributed by atoms with Gasteiger partial charge in [0.25, 0.3) is 0 Å². The van der Waals surface area contributed by atoms with Gasteiger partial charge in [-0.2, -0.15) is 5.26 Å². The summed E-state index contributed by atoms with van der Waals surface area (Å²) in [7, 11) is 0. The van der Waals surface area contributed by atoms with Crippen molar-refractivity contribution in [3.05, 3.63) is 90.4 Å². The predicted molar refractivity (Wildman–Crippen MR) is 151 cm³/mol. The van der Waals surface area contributed by atoms with Crippen molar-refractivity contribution >= 4 is 54.5 Å². The molecule has 170 valence electrons. The average molecular weight is 679 g/mol. The van der Waals surface area contributed by atoms with Gasteiger partial charge in [-0.25, -0.2) is 0 Å². The monoisotopic (exact) mass is 677 g/mol. The predicted octanol–water partition coefficient (Wildman–Crippen LogP) is 8.71. The fraction of sp³-hybridized carbons (Fsp3) is 0.321. The smallest absolute Gasteiger partial charge is 0.141 e. The van der Waals surface area contributed by atoms with Crippen molar-refractivity contribution in [2.45, 2.75) is 56.0 Å². The first-order valence-electron chi connectivity index (χ1n) is 11.3. The molecule has 3 aromatic rings. The first-order valence-corrected chi connectivity index (χ1v) is 14.4. The van der Waals surface area contributed by atoms with Gasteiger partial charge in [0.1, 0.15) is 11.7 Å². The lowest BCUT2D eigenvalue weighted by atomic mass is 9.82. The van der Waals surface area contributed by atoms with E-state index < -0.39 is 5.60 Å². The molecule has 1 N–H and O–H groups in total. The lowest BCUT2D eigenvalue weighted by molar-refractivity contribution is 0.130. The summed E-state index contributed by atoms with van der Waals surface area (Å²) in [5, 5.41) is 22.1. The summed E-state index contributed by atoms with van der Waals surface area (Å²) in [4.78, 5) is 0. The normalized spacial score (nSPS) is 16.4. The molecule has 1 aliphatic carbocycles. The van der Waals surface area contributed by atoms with Crippen LogP contribution in [0.5, 0.6) is 0 Å². The third kappa shape index (κ3) is 4.57. The van der Waals surface area contributed by atoms with E-state index in [2.05, 4.69) is 105 Å². The highest BCUT2D eigenvalue weighted by atomic mass is 127. The quantitative estimate of drug-likeness (QED) is 0.154. The summed E-state index contributed by atoms with van der Waals surface area (Å²) >= 11 is 9.64. The van der Waals surface area contributed by atoms with Crippen LogP contribution in [-0.4, -0.2) is 5.11 Å². The molecule has 0 amide bonds. The van der Waals surface area contributed by atoms with Crippen LogP contribution in [0.25, 0.3) is 11.1 Å². The summed E-state index contributed by atoms with van der Waals surface area (Å²) in [6.07, 6.45) is 5.88. The molecule has 0 heterocycles. The second kappa shape index (κ2) is 10.2. The van der Waals surface area contributed by atoms with Gasteiger partial charge in [-0.15, -0.1) is 0 Å². The van der Waals surface area contributed by atoms with Gasteiger partial charge in [0.2, 0.25) is 0 Å². The van der Waals surface area contributed by atoms with Crippen molar-refractivity contribution in [2.75, 3.05) is 0 Å². The Kier molecular flexibility index (Phi) is 7.69. The van der Waals surface area contributed by atoms with Crippen molar-refractivity contribution in [2.24, 2.45) is 0 Å². The Morgan fingerprint density at radius 2 is 1.64 bits per heavy atom. The highest BCUT2D eigenvalue weighted by Crippen LogP contribution is 2.53. The van der Waals surface area contributed by atoms with Crippen LogP contribution >= 0.6 is 54.5 Å². The number of benzene rings is 3. The van der Waals surface area contributed by atoms with Gasteiger partial charge in [0, 0.05) is 24.5 Å². The minimum absolute atomic E-state index is 0.573. The van der Waals surface area contributed by atoms with Gasteiger partial charge in [-0.1, -0.05) is 88.5 Å². The van der Waals surface area contributed by atoms with Crippen LogP contribution in [0.15, 0.2) is 51.4 Å². The number of nitrogens with zero attached hydrogens (tertiary/aromatic N) is 1. The van der Waals surface area contributed by atoms with Crippen LogP contribution < -0.4 is 0 Å². The number of aryl methyl sites for hydroxylation is 2. The van der Waals surface area contributed by atoms with Gasteiger partial charge in [-0.05, 0) is 87.8 Å². The van der Waals surface area contributed by atoms with E-state index in [1.807, 2.05) is 12.1 Å². The standard InChI is InChI=1S/C28H26Br2INO/c1-3-4-5-6-7-18-8-17(2)9-21(10-18)28(33)24-13-26(29)19(15-31)11-22(24)23-12-20(16-32)27(30)14-25(23)28/h8-14,33H,3-7,15H2,1-2H3. The van der Waals surface area contributed by atoms with Gasteiger partial charge in [0.05, 0.1) is 5.56 Å². The van der Waals surface area contributed by atoms with E-state index >= 15 is 0 Å². The number of halogens is 3. The zero-order chi connectivity index (χ0) is 23.8. The fourth-order valence-corrected chi connectivity index (χ4v) is 6.92. The molecule has 2 nitrogen and oxygen atoms in total. The molecule has 1 unspecified atom stereocenters. The molecule has 0 bridgehead atoms. The molecule has 4 rings (SSSR count). The number of aliphatic hydroxyl groups is 1. The Labute approximate surface area is 226 Å². The van der Waals surface area contributed by atoms with Crippen LogP contribution in [0, 0.1) is 18.3 Å². The molecule has 0 radical (unpaired) electrons. The van der Waals surface area contributed by atoms with Crippen LogP contribution in [0.4, 0.5) is 0 Å². The summed E-state index contributed by atoms with van der Waals surface area (Å²) < 4.78 is 2.55. The lowest BCUT2D eigenvalue weighted by Gasteiger charge is -2.28. The van der Waals surface area contributed by atoms with Crippen LogP contribution in [0.1, 0.15) is 71.6 Å². The molecule has 5 heteroatoms. The van der Waals surface area contributed by atoms with Gasteiger partial charge in [-0.3, -0.25) is 0 Å². The minimum Gasteiger partial charge on any atom is -0.376 e. The number of nitriles is 1. The zero-order valence-corrected chi connectivity index (χ0v) is 24.1. The molecule has 3 aromatic carbocycles. The Morgan fingerprint density at radius 3 is 2.30 bits per heavy atom. The molecule has 0 saturated carbocycles. The maximum absolute atomic E-state index is 12.5. The zero-order valence-electron chi connectivity index (χ0n) is 18.8. The highest BCUT2D eigenvalue weighted by Gasteiger charge is 2.44. The lowest BCUT2D eigenvalue weighted by Crippen LogP contribution is -2.26. The van der Waals surface area contributed by atoms with E-state index in [4.69, 9.17) is 0 Å². The van der Waals surface area contributed by atoms with Crippen molar-refractivity contribution in [1.82, 2.24) is 0 Å². The largest absolute Gasteiger partial charge is 0.376 e. The molecule has 1 aliphatic rings. The topological polar surface area (TPSA) is 44.0 Å². The Hall–Kier alpha value is -1.20. The van der Waals surface area contributed by atoms with Gasteiger partial charge in [0.15, 0.2) is 0 Å². The van der Waals surface area contributed by atoms with Gasteiger partial charge < -0.3 is 5.11 Å². The average Bonchev–Trinajstić information content (AvgIpc) is 3.03. The van der Waals surface area contributed by atoms with Crippen molar-refractivity contribution in [3.8, 4) is 17.2 Å². The number of rotatable bonds is 7. The number of hydrogen-bond donors (Lipinski definition) is 1. The van der Waals surface area contributed by atoms with Crippen LogP contribution in [0.2, 0.25) is 0 Å². The van der Waals surface area contributed by atoms with Crippen LogP contribution in [-0.2, 0) is 16.4 Å². The van der Waals surface area contributed by atoms with E-state index in [9.17, 15) is 10.4 Å². The van der Waals surface area contributed by atoms with Gasteiger partial charge >= 0.3 is 0 Å². The number of unbranched alkanes of at least 4 members (excludes halogenated alkanes) is 3. The first kappa shape index (κ1) is 24.9. The molecular formula is C28H26Br2INO. The molecule has 0 spiro atoms. The summed E-state index contributed by atoms with van der Waals surface area (Å²) in [6.45, 7) is 4.33. The first-order chi connectivity index (χ1) is 15.8. The van der Waals surface area contributed by atoms with Crippen molar-refractivity contribution < 1.29 is 5.11 Å². The Balaban J connectivity index is 1.93. The van der Waals surface area contributed by atoms with E-state index in [1.165, 1.54) is 30.4 Å². The summed E-state index contributed by atoms with van der Waals surface area (Å²) in [6, 6.07) is 16.8. The van der Waals surface area contributed by atoms with Crippen molar-refractivity contribution in [3.63, 3.8) is 0 Å². The summed E-state index contributed by atoms with van der Waals surface area (Å²) in [5.74, 6) is 0. The molecular weight excluding hydrogens is 653 g/mol. The fourth-order valence-electron chi connectivity index (χ4n) is 4.85. The Bertz CT molecular complexity index is 1260. The molecule has 1 atom stereocenters. The molecule has 0 saturated heterocycles. The molecule has 33 heavy (non-hydrogen) atoms. The number of fused-ring (bicyclic) bond motifs is 3. The maximum atomic E-state index is 12.5. The van der Waals surface area contributed by atoms with Crippen LogP contribution in [0.3, 0.4) is 0 Å².